The van der Waals surface area contributed by atoms with E-state index in [-0.39, 0.29) is 0 Å². The summed E-state index contributed by atoms with van der Waals surface area (Å²) in [5, 5.41) is 0. The van der Waals surface area contributed by atoms with Crippen molar-refractivity contribution >= 4 is 11.4 Å². The first-order valence-corrected chi connectivity index (χ1v) is 7.03. The number of hydrogen-bond acceptors (Lipinski definition) is 1. The minimum Gasteiger partial charge on any atom is -0.295 e. The van der Waals surface area contributed by atoms with Gasteiger partial charge in [-0.2, -0.15) is 0 Å². The molecule has 18 heavy (non-hydrogen) atoms. The minimum atomic E-state index is 0.343. The van der Waals surface area contributed by atoms with Crippen molar-refractivity contribution in [3.05, 3.63) is 41.0 Å². The van der Waals surface area contributed by atoms with Crippen LogP contribution in [0, 0.1) is 5.92 Å². The van der Waals surface area contributed by atoms with E-state index in [1.54, 1.807) is 0 Å². The summed E-state index contributed by atoms with van der Waals surface area (Å²) in [7, 11) is 0. The van der Waals surface area contributed by atoms with Crippen molar-refractivity contribution < 1.29 is 4.79 Å². The van der Waals surface area contributed by atoms with E-state index in [2.05, 4.69) is 31.2 Å². The second-order valence-corrected chi connectivity index (χ2v) is 4.98. The quantitative estimate of drug-likeness (QED) is 0.650. The second-order valence-electron chi connectivity index (χ2n) is 4.98. The molecule has 2 atom stereocenters. The van der Waals surface area contributed by atoms with E-state index < -0.39 is 0 Å². The van der Waals surface area contributed by atoms with Crippen molar-refractivity contribution in [2.45, 2.75) is 46.5 Å². The van der Waals surface area contributed by atoms with Crippen molar-refractivity contribution in [1.82, 2.24) is 0 Å². The number of carbonyl (C=O) groups excluding carboxylic acids is 1. The topological polar surface area (TPSA) is 17.1 Å². The molecule has 0 saturated carbocycles. The Morgan fingerprint density at radius 1 is 1.17 bits per heavy atom. The molecule has 0 amide bonds. The number of rotatable bonds is 0. The van der Waals surface area contributed by atoms with Gasteiger partial charge in [-0.15, -0.1) is 0 Å². The van der Waals surface area contributed by atoms with Crippen LogP contribution in [0.3, 0.4) is 0 Å². The van der Waals surface area contributed by atoms with E-state index in [0.717, 1.165) is 18.4 Å². The van der Waals surface area contributed by atoms with Crippen LogP contribution < -0.4 is 0 Å². The van der Waals surface area contributed by atoms with Gasteiger partial charge in [0.1, 0.15) is 0 Å². The van der Waals surface area contributed by atoms with Crippen LogP contribution in [0.5, 0.6) is 0 Å². The SMILES string of the molecule is CC.CC1=C2c3ccccc3C(C)C2CCC1=O. The monoisotopic (exact) mass is 242 g/mol. The Labute approximate surface area is 110 Å². The maximum absolute atomic E-state index is 11.8. The molecule has 0 aliphatic heterocycles. The normalized spacial score (nSPS) is 25.2. The molecule has 3 rings (SSSR count). The number of carbonyl (C=O) groups is 1. The average Bonchev–Trinajstić information content (AvgIpc) is 2.71. The molecule has 1 nitrogen and oxygen atoms in total. The molecule has 1 heteroatoms. The van der Waals surface area contributed by atoms with E-state index in [4.69, 9.17) is 0 Å². The molecule has 0 aromatic heterocycles. The molecule has 1 aromatic carbocycles. The number of fused-ring (bicyclic) bond motifs is 3. The molecule has 0 fully saturated rings. The van der Waals surface area contributed by atoms with E-state index in [0.29, 0.717) is 17.6 Å². The summed E-state index contributed by atoms with van der Waals surface area (Å²) in [4.78, 5) is 11.8. The number of allylic oxidation sites excluding steroid dienone is 2. The van der Waals surface area contributed by atoms with Crippen molar-refractivity contribution in [1.29, 1.82) is 0 Å². The number of Topliss-reactive ketones (excluding diaryl/α,β-unsaturated/α-hetero) is 1. The lowest BCUT2D eigenvalue weighted by atomic mass is 9.80. The molecular weight excluding hydrogens is 220 g/mol. The van der Waals surface area contributed by atoms with E-state index in [1.807, 2.05) is 20.8 Å². The van der Waals surface area contributed by atoms with Crippen molar-refractivity contribution in [3.63, 3.8) is 0 Å². The van der Waals surface area contributed by atoms with Crippen LogP contribution in [-0.4, -0.2) is 5.78 Å². The van der Waals surface area contributed by atoms with Crippen molar-refractivity contribution in [3.8, 4) is 0 Å². The zero-order valence-corrected chi connectivity index (χ0v) is 11.8. The van der Waals surface area contributed by atoms with Gasteiger partial charge in [0, 0.05) is 6.42 Å². The van der Waals surface area contributed by atoms with Crippen LogP contribution >= 0.6 is 0 Å². The largest absolute Gasteiger partial charge is 0.295 e. The standard InChI is InChI=1S/C15H16O.C2H6/c1-9-11-5-3-4-6-13(11)15-10(2)14(16)8-7-12(9)15;1-2/h3-6,9,12H,7-8H2,1-2H3;1-2H3. The smallest absolute Gasteiger partial charge is 0.158 e. The predicted octanol–water partition coefficient (Wildman–Crippen LogP) is 4.58. The lowest BCUT2D eigenvalue weighted by molar-refractivity contribution is -0.116. The minimum absolute atomic E-state index is 0.343. The second kappa shape index (κ2) is 5.09. The fraction of sp³-hybridized carbons (Fsp3) is 0.471. The van der Waals surface area contributed by atoms with Gasteiger partial charge >= 0.3 is 0 Å². The van der Waals surface area contributed by atoms with Crippen LogP contribution in [0.25, 0.3) is 5.57 Å². The van der Waals surface area contributed by atoms with E-state index >= 15 is 0 Å². The van der Waals surface area contributed by atoms with Crippen molar-refractivity contribution in [2.75, 3.05) is 0 Å². The molecule has 2 unspecified atom stereocenters. The van der Waals surface area contributed by atoms with Gasteiger partial charge in [0.25, 0.3) is 0 Å². The highest BCUT2D eigenvalue weighted by Crippen LogP contribution is 2.51. The summed E-state index contributed by atoms with van der Waals surface area (Å²) in [5.41, 5.74) is 5.09. The van der Waals surface area contributed by atoms with Crippen LogP contribution in [0.2, 0.25) is 0 Å². The Balaban J connectivity index is 0.000000574. The molecule has 0 spiro atoms. The predicted molar refractivity (Wildman–Crippen MR) is 76.5 cm³/mol. The van der Waals surface area contributed by atoms with Gasteiger partial charge in [-0.1, -0.05) is 45.0 Å². The van der Waals surface area contributed by atoms with Gasteiger partial charge in [-0.25, -0.2) is 0 Å². The van der Waals surface area contributed by atoms with Crippen LogP contribution in [0.1, 0.15) is 57.6 Å². The number of hydrogen-bond donors (Lipinski definition) is 0. The van der Waals surface area contributed by atoms with Gasteiger partial charge in [0.2, 0.25) is 0 Å². The first-order valence-electron chi connectivity index (χ1n) is 7.03. The third-order valence-electron chi connectivity index (χ3n) is 4.22. The van der Waals surface area contributed by atoms with Gasteiger partial charge in [0.15, 0.2) is 5.78 Å². The maximum atomic E-state index is 11.8. The first kappa shape index (κ1) is 13.1. The molecular formula is C17H22O. The van der Waals surface area contributed by atoms with Gasteiger partial charge in [-0.05, 0) is 47.5 Å². The van der Waals surface area contributed by atoms with Gasteiger partial charge < -0.3 is 0 Å². The zero-order chi connectivity index (χ0) is 13.3. The van der Waals surface area contributed by atoms with Crippen LogP contribution in [-0.2, 0) is 4.79 Å². The van der Waals surface area contributed by atoms with Crippen molar-refractivity contribution in [2.24, 2.45) is 5.92 Å². The molecule has 0 heterocycles. The molecule has 2 aliphatic rings. The molecule has 0 radical (unpaired) electrons. The summed E-state index contributed by atoms with van der Waals surface area (Å²) in [5.74, 6) is 1.50. The average molecular weight is 242 g/mol. The van der Waals surface area contributed by atoms with Gasteiger partial charge in [-0.3, -0.25) is 4.79 Å². The molecule has 2 aliphatic carbocycles. The van der Waals surface area contributed by atoms with Crippen LogP contribution in [0.4, 0.5) is 0 Å². The molecule has 1 aromatic rings. The molecule has 0 N–H and O–H groups in total. The Bertz CT molecular complexity index is 496. The Hall–Kier alpha value is -1.37. The van der Waals surface area contributed by atoms with E-state index in [1.165, 1.54) is 16.7 Å². The fourth-order valence-electron chi connectivity index (χ4n) is 3.30. The first-order chi connectivity index (χ1) is 8.70. The molecule has 0 bridgehead atoms. The maximum Gasteiger partial charge on any atom is 0.158 e. The molecule has 0 saturated heterocycles. The summed E-state index contributed by atoms with van der Waals surface area (Å²) >= 11 is 0. The van der Waals surface area contributed by atoms with E-state index in [9.17, 15) is 4.79 Å². The fourth-order valence-corrected chi connectivity index (χ4v) is 3.30. The highest BCUT2D eigenvalue weighted by atomic mass is 16.1. The highest BCUT2D eigenvalue weighted by molar-refractivity contribution is 6.05. The summed E-state index contributed by atoms with van der Waals surface area (Å²) in [6, 6.07) is 8.56. The Kier molecular flexibility index (Phi) is 3.70. The third-order valence-corrected chi connectivity index (χ3v) is 4.22. The Morgan fingerprint density at radius 2 is 1.83 bits per heavy atom. The molecule has 96 valence electrons. The van der Waals surface area contributed by atoms with Crippen LogP contribution in [0.15, 0.2) is 29.8 Å². The summed E-state index contributed by atoms with van der Waals surface area (Å²) < 4.78 is 0. The number of benzene rings is 1. The lowest BCUT2D eigenvalue weighted by Gasteiger charge is -2.23. The Morgan fingerprint density at radius 3 is 2.56 bits per heavy atom. The highest BCUT2D eigenvalue weighted by Gasteiger charge is 2.38. The zero-order valence-electron chi connectivity index (χ0n) is 11.8. The third kappa shape index (κ3) is 1.82. The lowest BCUT2D eigenvalue weighted by Crippen LogP contribution is -2.16. The van der Waals surface area contributed by atoms with Gasteiger partial charge in [0.05, 0.1) is 0 Å². The summed E-state index contributed by atoms with van der Waals surface area (Å²) in [6.07, 6.45) is 1.76. The number of ketones is 1. The summed E-state index contributed by atoms with van der Waals surface area (Å²) in [6.45, 7) is 8.29.